The summed E-state index contributed by atoms with van der Waals surface area (Å²) in [4.78, 5) is 57.9. The zero-order chi connectivity index (χ0) is 37.6. The molecular weight excluding hydrogens is 726 g/mol. The molecule has 268 valence electrons. The van der Waals surface area contributed by atoms with E-state index in [1.807, 2.05) is 158 Å². The Morgan fingerprint density at radius 2 is 0.691 bits per heavy atom. The lowest BCUT2D eigenvalue weighted by Crippen LogP contribution is -2.64. The molecule has 7 nitrogen and oxygen atoms in total. The van der Waals surface area contributed by atoms with Gasteiger partial charge < -0.3 is 14.9 Å². The van der Waals surface area contributed by atoms with Crippen molar-refractivity contribution < 1.29 is 34.1 Å². The van der Waals surface area contributed by atoms with Crippen molar-refractivity contribution in [3.8, 4) is 0 Å². The van der Waals surface area contributed by atoms with E-state index in [-0.39, 0.29) is 0 Å². The first-order chi connectivity index (χ1) is 26.8. The highest BCUT2D eigenvalue weighted by Crippen LogP contribution is 2.67. The van der Waals surface area contributed by atoms with Crippen LogP contribution in [-0.4, -0.2) is 45.4 Å². The number of benzene rings is 6. The van der Waals surface area contributed by atoms with Crippen LogP contribution in [0.1, 0.15) is 33.4 Å². The van der Waals surface area contributed by atoms with E-state index in [4.69, 9.17) is 4.74 Å². The third-order valence-electron chi connectivity index (χ3n) is 12.1. The van der Waals surface area contributed by atoms with Crippen molar-refractivity contribution in [3.63, 3.8) is 0 Å². The zero-order valence-electron chi connectivity index (χ0n) is 29.2. The maximum atomic E-state index is 15.3. The number of aliphatic carboxylic acids is 2. The van der Waals surface area contributed by atoms with Crippen molar-refractivity contribution in [2.75, 3.05) is 0 Å². The quantitative estimate of drug-likeness (QED) is 0.126. The molecule has 12 rings (SSSR count). The lowest BCUT2D eigenvalue weighted by Gasteiger charge is -2.57. The third kappa shape index (κ3) is 4.34. The second-order valence-electron chi connectivity index (χ2n) is 14.4. The summed E-state index contributed by atoms with van der Waals surface area (Å²) in [7, 11) is -3.23. The predicted molar refractivity (Wildman–Crippen MR) is 212 cm³/mol. The van der Waals surface area contributed by atoms with Gasteiger partial charge in [0.25, 0.3) is 0 Å². The Bertz CT molecular complexity index is 2320. The summed E-state index contributed by atoms with van der Waals surface area (Å²) in [6.07, 6.45) is 0. The van der Waals surface area contributed by atoms with Crippen molar-refractivity contribution in [1.82, 2.24) is 0 Å². The largest absolute Gasteiger partial charge is 0.481 e. The summed E-state index contributed by atoms with van der Waals surface area (Å²) in [5, 5.41) is 25.8. The van der Waals surface area contributed by atoms with E-state index in [1.165, 1.54) is 0 Å². The first-order valence-corrected chi connectivity index (χ1v) is 20.9. The molecule has 0 spiro atoms. The molecular formula is C46H32O7P2. The van der Waals surface area contributed by atoms with Crippen LogP contribution in [0, 0.1) is 11.8 Å². The number of carbonyl (C=O) groups is 4. The fourth-order valence-corrected chi connectivity index (χ4v) is 16.9. The van der Waals surface area contributed by atoms with E-state index >= 15 is 9.59 Å². The molecule has 2 N–H and O–H groups in total. The van der Waals surface area contributed by atoms with Gasteiger partial charge in [-0.1, -0.05) is 158 Å². The number of fused-ring (bicyclic) bond motifs is 2. The summed E-state index contributed by atoms with van der Waals surface area (Å²) in [6, 6.07) is 49.5. The summed E-state index contributed by atoms with van der Waals surface area (Å²) in [5.41, 5.74) is -0.437. The van der Waals surface area contributed by atoms with Crippen molar-refractivity contribution in [2.45, 2.75) is 22.1 Å². The molecule has 0 fully saturated rings. The topological polar surface area (TPSA) is 118 Å². The highest BCUT2D eigenvalue weighted by molar-refractivity contribution is 7.75. The van der Waals surface area contributed by atoms with Crippen molar-refractivity contribution in [3.05, 3.63) is 191 Å². The number of carbonyl (C=O) groups excluding carboxylic acids is 2. The van der Waals surface area contributed by atoms with E-state index < -0.39 is 73.7 Å². The highest BCUT2D eigenvalue weighted by atomic mass is 31.1. The van der Waals surface area contributed by atoms with Gasteiger partial charge in [0.2, 0.25) is 0 Å². The number of rotatable bonds is 6. The number of ether oxygens (including phenoxy) is 1. The van der Waals surface area contributed by atoms with Crippen LogP contribution in [0.2, 0.25) is 0 Å². The number of hydrogen-bond acceptors (Lipinski definition) is 5. The molecule has 0 radical (unpaired) electrons. The van der Waals surface area contributed by atoms with Crippen LogP contribution in [0.3, 0.4) is 0 Å². The van der Waals surface area contributed by atoms with Crippen LogP contribution in [0.5, 0.6) is 0 Å². The van der Waals surface area contributed by atoms with Crippen LogP contribution in [0.15, 0.2) is 158 Å². The maximum absolute atomic E-state index is 15.3. The summed E-state index contributed by atoms with van der Waals surface area (Å²) in [5.74, 6) is -6.93. The molecule has 9 heteroatoms. The first-order valence-electron chi connectivity index (χ1n) is 18.1. The third-order valence-corrected chi connectivity index (χ3v) is 17.9. The molecule has 0 aromatic heterocycles. The van der Waals surface area contributed by atoms with Gasteiger partial charge >= 0.3 is 23.9 Å². The van der Waals surface area contributed by atoms with Gasteiger partial charge in [0.05, 0.1) is 34.0 Å². The van der Waals surface area contributed by atoms with Crippen LogP contribution < -0.4 is 21.2 Å². The van der Waals surface area contributed by atoms with Crippen LogP contribution >= 0.6 is 15.8 Å². The van der Waals surface area contributed by atoms with E-state index in [1.54, 1.807) is 0 Å². The summed E-state index contributed by atoms with van der Waals surface area (Å²) >= 11 is 0. The number of hydrogen-bond donors (Lipinski definition) is 2. The molecule has 55 heavy (non-hydrogen) atoms. The van der Waals surface area contributed by atoms with Gasteiger partial charge in [-0.15, -0.1) is 0 Å². The monoisotopic (exact) mass is 758 g/mol. The minimum atomic E-state index is -1.61. The Kier molecular flexibility index (Phi) is 7.62. The molecule has 6 aliphatic rings. The van der Waals surface area contributed by atoms with Crippen molar-refractivity contribution in [2.24, 2.45) is 11.8 Å². The van der Waals surface area contributed by atoms with Gasteiger partial charge in [0, 0.05) is 0 Å². The summed E-state index contributed by atoms with van der Waals surface area (Å²) in [6.45, 7) is 0. The Morgan fingerprint density at radius 1 is 0.418 bits per heavy atom. The van der Waals surface area contributed by atoms with Gasteiger partial charge in [0.15, 0.2) is 0 Å². The Balaban J connectivity index is 1.19. The normalized spacial score (nSPS) is 27.5. The molecule has 0 saturated carbocycles. The smallest absolute Gasteiger partial charge is 0.319 e. The van der Waals surface area contributed by atoms with Gasteiger partial charge in [0.1, 0.15) is 0 Å². The minimum absolute atomic E-state index is 0.706. The van der Waals surface area contributed by atoms with Crippen LogP contribution in [-0.2, 0) is 34.7 Å². The fourth-order valence-electron chi connectivity index (χ4n) is 10.4. The Morgan fingerprint density at radius 3 is 0.982 bits per heavy atom. The molecule has 6 aromatic rings. The molecule has 0 saturated heterocycles. The molecule has 0 aliphatic carbocycles. The van der Waals surface area contributed by atoms with E-state index in [2.05, 4.69) is 0 Å². The highest BCUT2D eigenvalue weighted by Gasteiger charge is 2.68. The molecule has 4 unspecified atom stereocenters. The van der Waals surface area contributed by atoms with Gasteiger partial charge in [-0.05, 0) is 70.4 Å². The molecule has 0 amide bonds. The SMILES string of the molecule is O=C(O)C1C(C(=O)OC(=O)C2C(C(=O)O)P3c4ccccc4C2(c2ccccc2)c2ccccc23)C2(c3ccccc3)c3ccccc3P1c1ccccc12. The van der Waals surface area contributed by atoms with Gasteiger partial charge in [-0.2, -0.15) is 0 Å². The lowest BCUT2D eigenvalue weighted by molar-refractivity contribution is -0.170. The Hall–Kier alpha value is -5.74. The molecule has 6 heterocycles. The predicted octanol–water partition coefficient (Wildman–Crippen LogP) is 5.78. The molecule has 4 bridgehead atoms. The lowest BCUT2D eigenvalue weighted by atomic mass is 9.59. The van der Waals surface area contributed by atoms with E-state index in [0.717, 1.165) is 43.5 Å². The zero-order valence-corrected chi connectivity index (χ0v) is 30.9. The number of esters is 2. The maximum Gasteiger partial charge on any atom is 0.319 e. The van der Waals surface area contributed by atoms with Crippen LogP contribution in [0.4, 0.5) is 0 Å². The minimum Gasteiger partial charge on any atom is -0.481 e. The molecule has 4 atom stereocenters. The van der Waals surface area contributed by atoms with E-state index in [0.29, 0.717) is 11.1 Å². The molecule has 6 aliphatic heterocycles. The van der Waals surface area contributed by atoms with Crippen LogP contribution in [0.25, 0.3) is 0 Å². The number of carboxylic acid groups (broad SMARTS) is 2. The average molecular weight is 759 g/mol. The second-order valence-corrected chi connectivity index (χ2v) is 18.9. The van der Waals surface area contributed by atoms with Crippen molar-refractivity contribution in [1.29, 1.82) is 0 Å². The van der Waals surface area contributed by atoms with Crippen molar-refractivity contribution >= 4 is 60.9 Å². The first kappa shape index (κ1) is 33.8. The number of carboxylic acids is 2. The van der Waals surface area contributed by atoms with Gasteiger partial charge in [-0.25, -0.2) is 0 Å². The molecule has 6 aromatic carbocycles. The second kappa shape index (κ2) is 12.4. The van der Waals surface area contributed by atoms with E-state index in [9.17, 15) is 19.8 Å². The summed E-state index contributed by atoms with van der Waals surface area (Å²) < 4.78 is 6.16. The van der Waals surface area contributed by atoms with Gasteiger partial charge in [-0.3, -0.25) is 19.2 Å². The standard InChI is InChI=1S/C46H32O7P2/c47-41(48)39-37(45(27-15-3-1-4-16-27)29-19-7-11-23-33(29)54(39)34-24-12-8-20-30(34)45)43(51)53-44(52)38-40(42(49)50)55-35-25-13-9-21-31(35)46(38,28-17-5-2-6-18-28)32-22-10-14-26-36(32)55/h1-26,37-40H,(H,47,48)(H,49,50). The Labute approximate surface area is 319 Å². The fraction of sp³-hybridized carbons (Fsp3) is 0.130. The average Bonchev–Trinajstić information content (AvgIpc) is 3.23.